The third kappa shape index (κ3) is 3.22. The van der Waals surface area contributed by atoms with E-state index >= 15 is 0 Å². The van der Waals surface area contributed by atoms with Crippen LogP contribution in [-0.2, 0) is 4.79 Å². The summed E-state index contributed by atoms with van der Waals surface area (Å²) in [5, 5.41) is 5.84. The molecule has 0 bridgehead atoms. The van der Waals surface area contributed by atoms with E-state index in [0.717, 1.165) is 25.1 Å². The van der Waals surface area contributed by atoms with Crippen molar-refractivity contribution in [2.24, 2.45) is 0 Å². The van der Waals surface area contributed by atoms with E-state index in [4.69, 9.17) is 11.6 Å². The normalized spacial score (nSPS) is 18.0. The van der Waals surface area contributed by atoms with Crippen molar-refractivity contribution in [2.75, 3.05) is 18.4 Å². The number of hydrogen-bond donors (Lipinski definition) is 1. The van der Waals surface area contributed by atoms with Crippen molar-refractivity contribution < 1.29 is 4.79 Å². The lowest BCUT2D eigenvalue weighted by molar-refractivity contribution is -0.130. The summed E-state index contributed by atoms with van der Waals surface area (Å²) >= 11 is 7.81. The Kier molecular flexibility index (Phi) is 4.46. The fourth-order valence-electron chi connectivity index (χ4n) is 2.72. The Morgan fingerprint density at radius 1 is 1.33 bits per heavy atom. The van der Waals surface area contributed by atoms with Crippen molar-refractivity contribution in [3.8, 4) is 0 Å². The van der Waals surface area contributed by atoms with Crippen LogP contribution in [0.15, 0.2) is 41.8 Å². The molecule has 1 aromatic carbocycles. The van der Waals surface area contributed by atoms with Gasteiger partial charge in [-0.2, -0.15) is 0 Å². The molecule has 1 aliphatic heterocycles. The van der Waals surface area contributed by atoms with Crippen LogP contribution in [-0.4, -0.2) is 23.9 Å². The number of likely N-dealkylation sites (tertiary alicyclic amines) is 1. The molecule has 5 heteroatoms. The summed E-state index contributed by atoms with van der Waals surface area (Å²) in [6.45, 7) is 1.12. The van der Waals surface area contributed by atoms with Crippen LogP contribution in [0.3, 0.4) is 0 Å². The topological polar surface area (TPSA) is 32.3 Å². The first kappa shape index (κ1) is 14.4. The maximum Gasteiger partial charge on any atom is 0.242 e. The highest BCUT2D eigenvalue weighted by molar-refractivity contribution is 7.10. The summed E-state index contributed by atoms with van der Waals surface area (Å²) in [6, 6.07) is 11.9. The van der Waals surface area contributed by atoms with E-state index in [2.05, 4.69) is 16.8 Å². The van der Waals surface area contributed by atoms with Crippen molar-refractivity contribution in [3.63, 3.8) is 0 Å². The number of halogens is 1. The molecule has 0 saturated carbocycles. The zero-order valence-electron chi connectivity index (χ0n) is 11.6. The van der Waals surface area contributed by atoms with E-state index in [0.29, 0.717) is 5.02 Å². The lowest BCUT2D eigenvalue weighted by Gasteiger charge is -2.24. The van der Waals surface area contributed by atoms with Gasteiger partial charge < -0.3 is 10.2 Å². The first-order valence-electron chi connectivity index (χ1n) is 7.07. The summed E-state index contributed by atoms with van der Waals surface area (Å²) in [5.41, 5.74) is 0.805. The van der Waals surface area contributed by atoms with Gasteiger partial charge in [0.2, 0.25) is 5.91 Å². The fraction of sp³-hybridized carbons (Fsp3) is 0.312. The van der Waals surface area contributed by atoms with Crippen molar-refractivity contribution in [2.45, 2.75) is 18.9 Å². The predicted molar refractivity (Wildman–Crippen MR) is 87.9 cm³/mol. The van der Waals surface area contributed by atoms with Crippen molar-refractivity contribution >= 4 is 34.5 Å². The molecule has 0 spiro atoms. The molecule has 1 saturated heterocycles. The Morgan fingerprint density at radius 3 is 2.95 bits per heavy atom. The Balaban J connectivity index is 1.64. The number of rotatable bonds is 4. The summed E-state index contributed by atoms with van der Waals surface area (Å²) in [4.78, 5) is 15.7. The number of anilines is 1. The molecule has 1 aromatic heterocycles. The lowest BCUT2D eigenvalue weighted by Crippen LogP contribution is -2.34. The molecule has 1 atom stereocenters. The maximum atomic E-state index is 12.5. The predicted octanol–water partition coefficient (Wildman–Crippen LogP) is 4.18. The molecular formula is C16H17ClN2OS. The van der Waals surface area contributed by atoms with Gasteiger partial charge in [-0.25, -0.2) is 0 Å². The van der Waals surface area contributed by atoms with E-state index < -0.39 is 0 Å². The van der Waals surface area contributed by atoms with Crippen LogP contribution in [0.4, 0.5) is 5.69 Å². The summed E-state index contributed by atoms with van der Waals surface area (Å²) < 4.78 is 0. The number of amides is 1. The number of para-hydroxylation sites is 1. The molecule has 1 fully saturated rings. The molecule has 1 amide bonds. The van der Waals surface area contributed by atoms with Crippen LogP contribution in [0.2, 0.25) is 5.02 Å². The summed E-state index contributed by atoms with van der Waals surface area (Å²) in [7, 11) is 0. The number of benzene rings is 1. The number of hydrogen-bond acceptors (Lipinski definition) is 3. The van der Waals surface area contributed by atoms with Gasteiger partial charge in [-0.05, 0) is 36.4 Å². The molecule has 3 rings (SSSR count). The van der Waals surface area contributed by atoms with E-state index in [9.17, 15) is 4.79 Å². The first-order valence-corrected chi connectivity index (χ1v) is 8.33. The first-order chi connectivity index (χ1) is 10.3. The average molecular weight is 321 g/mol. The minimum absolute atomic E-state index is 0.130. The third-order valence-corrected chi connectivity index (χ3v) is 5.05. The molecule has 1 aliphatic rings. The Hall–Kier alpha value is -1.52. The quantitative estimate of drug-likeness (QED) is 0.916. The minimum Gasteiger partial charge on any atom is -0.375 e. The van der Waals surface area contributed by atoms with Gasteiger partial charge in [0.05, 0.1) is 23.3 Å². The molecule has 1 N–H and O–H groups in total. The molecule has 3 nitrogen and oxygen atoms in total. The van der Waals surface area contributed by atoms with Gasteiger partial charge in [0.25, 0.3) is 0 Å². The van der Waals surface area contributed by atoms with Crippen LogP contribution < -0.4 is 5.32 Å². The summed E-state index contributed by atoms with van der Waals surface area (Å²) in [6.07, 6.45) is 2.12. The Morgan fingerprint density at radius 2 is 2.19 bits per heavy atom. The molecule has 110 valence electrons. The van der Waals surface area contributed by atoms with Crippen LogP contribution in [0.5, 0.6) is 0 Å². The van der Waals surface area contributed by atoms with Crippen LogP contribution >= 0.6 is 22.9 Å². The number of thiophene rings is 1. The molecule has 21 heavy (non-hydrogen) atoms. The van der Waals surface area contributed by atoms with E-state index in [-0.39, 0.29) is 18.5 Å². The van der Waals surface area contributed by atoms with Crippen LogP contribution in [0, 0.1) is 0 Å². The second-order valence-corrected chi connectivity index (χ2v) is 6.48. The molecule has 0 radical (unpaired) electrons. The maximum absolute atomic E-state index is 12.5. The van der Waals surface area contributed by atoms with Gasteiger partial charge in [0.1, 0.15) is 0 Å². The largest absolute Gasteiger partial charge is 0.375 e. The zero-order valence-corrected chi connectivity index (χ0v) is 13.2. The molecular weight excluding hydrogens is 304 g/mol. The van der Waals surface area contributed by atoms with Gasteiger partial charge in [-0.3, -0.25) is 4.79 Å². The van der Waals surface area contributed by atoms with Gasteiger partial charge in [0.15, 0.2) is 0 Å². The van der Waals surface area contributed by atoms with Gasteiger partial charge in [0, 0.05) is 11.4 Å². The number of nitrogens with zero attached hydrogens (tertiary/aromatic N) is 1. The highest BCUT2D eigenvalue weighted by atomic mass is 35.5. The average Bonchev–Trinajstić information content (AvgIpc) is 3.16. The van der Waals surface area contributed by atoms with Crippen LogP contribution in [0.25, 0.3) is 0 Å². The number of carbonyl (C=O) groups is 1. The van der Waals surface area contributed by atoms with Crippen molar-refractivity contribution in [1.82, 2.24) is 4.90 Å². The van der Waals surface area contributed by atoms with Crippen molar-refractivity contribution in [1.29, 1.82) is 0 Å². The monoisotopic (exact) mass is 320 g/mol. The second kappa shape index (κ2) is 6.50. The Labute approximate surface area is 133 Å². The van der Waals surface area contributed by atoms with Gasteiger partial charge >= 0.3 is 0 Å². The highest BCUT2D eigenvalue weighted by Crippen LogP contribution is 2.34. The van der Waals surface area contributed by atoms with Crippen molar-refractivity contribution in [3.05, 3.63) is 51.7 Å². The molecule has 0 aliphatic carbocycles. The standard InChI is InChI=1S/C16H17ClN2OS/c17-12-5-1-2-6-13(12)18-11-16(20)19-9-3-7-14(19)15-8-4-10-21-15/h1-2,4-6,8,10,14,18H,3,7,9,11H2. The van der Waals surface area contributed by atoms with E-state index in [1.165, 1.54) is 4.88 Å². The second-order valence-electron chi connectivity index (χ2n) is 5.09. The molecule has 2 aromatic rings. The van der Waals surface area contributed by atoms with E-state index in [1.54, 1.807) is 11.3 Å². The highest BCUT2D eigenvalue weighted by Gasteiger charge is 2.30. The fourth-order valence-corrected chi connectivity index (χ4v) is 3.79. The zero-order chi connectivity index (χ0) is 14.7. The Bertz CT molecular complexity index is 614. The van der Waals surface area contributed by atoms with Gasteiger partial charge in [-0.15, -0.1) is 11.3 Å². The number of nitrogens with one attached hydrogen (secondary N) is 1. The summed E-state index contributed by atoms with van der Waals surface area (Å²) in [5.74, 6) is 0.130. The lowest BCUT2D eigenvalue weighted by atomic mass is 10.2. The SMILES string of the molecule is O=C(CNc1ccccc1Cl)N1CCCC1c1cccs1. The van der Waals surface area contributed by atoms with E-state index in [1.807, 2.05) is 35.2 Å². The third-order valence-electron chi connectivity index (χ3n) is 3.75. The molecule has 1 unspecified atom stereocenters. The smallest absolute Gasteiger partial charge is 0.242 e. The van der Waals surface area contributed by atoms with Crippen LogP contribution in [0.1, 0.15) is 23.8 Å². The minimum atomic E-state index is 0.130. The van der Waals surface area contributed by atoms with Gasteiger partial charge in [-0.1, -0.05) is 29.8 Å². The molecule has 2 heterocycles. The number of carbonyl (C=O) groups excluding carboxylic acids is 1.